The largest absolute Gasteiger partial charge is 0.491 e. The van der Waals surface area contributed by atoms with E-state index in [9.17, 15) is 0 Å². The Morgan fingerprint density at radius 3 is 3.10 bits per heavy atom. The van der Waals surface area contributed by atoms with Gasteiger partial charge in [-0.3, -0.25) is 0 Å². The van der Waals surface area contributed by atoms with Gasteiger partial charge in [-0.1, -0.05) is 6.92 Å². The molecule has 2 rings (SSSR count). The summed E-state index contributed by atoms with van der Waals surface area (Å²) in [6.45, 7) is 6.32. The number of rotatable bonds is 6. The zero-order valence-electron chi connectivity index (χ0n) is 12.4. The lowest BCUT2D eigenvalue weighted by Crippen LogP contribution is -2.43. The van der Waals surface area contributed by atoms with Gasteiger partial charge in [0.2, 0.25) is 0 Å². The van der Waals surface area contributed by atoms with Crippen LogP contribution in [0.4, 0.5) is 11.4 Å². The van der Waals surface area contributed by atoms with Gasteiger partial charge in [-0.15, -0.1) is 0 Å². The molecular weight excluding hydrogens is 254 g/mol. The van der Waals surface area contributed by atoms with Gasteiger partial charge in [0, 0.05) is 31.4 Å². The number of likely N-dealkylation sites (N-methyl/N-ethyl adjacent to an activating group) is 1. The zero-order chi connectivity index (χ0) is 14.4. The van der Waals surface area contributed by atoms with Crippen LogP contribution in [-0.4, -0.2) is 50.9 Å². The Bertz CT molecular complexity index is 426. The molecule has 1 atom stereocenters. The van der Waals surface area contributed by atoms with Crippen LogP contribution in [-0.2, 0) is 4.74 Å². The number of morpholine rings is 1. The summed E-state index contributed by atoms with van der Waals surface area (Å²) in [4.78, 5) is 2.29. The van der Waals surface area contributed by atoms with Gasteiger partial charge in [-0.05, 0) is 25.6 Å². The van der Waals surface area contributed by atoms with Crippen molar-refractivity contribution >= 4 is 11.4 Å². The standard InChI is InChI=1S/C15H25N3O2/c1-3-7-20-15-9-12(4-5-14(15)16)17-10-13-11-18(2)6-8-19-13/h4-5,9,13,17H,3,6-8,10-11,16H2,1-2H3. The number of nitrogen functional groups attached to an aromatic ring is 1. The Morgan fingerprint density at radius 1 is 1.50 bits per heavy atom. The summed E-state index contributed by atoms with van der Waals surface area (Å²) in [6.07, 6.45) is 1.20. The molecule has 1 aliphatic heterocycles. The molecule has 0 radical (unpaired) electrons. The molecule has 0 bridgehead atoms. The minimum Gasteiger partial charge on any atom is -0.491 e. The van der Waals surface area contributed by atoms with Crippen molar-refractivity contribution in [2.45, 2.75) is 19.4 Å². The summed E-state index contributed by atoms with van der Waals surface area (Å²) in [5.41, 5.74) is 7.60. The van der Waals surface area contributed by atoms with E-state index in [1.54, 1.807) is 0 Å². The number of nitrogens with one attached hydrogen (secondary N) is 1. The quantitative estimate of drug-likeness (QED) is 0.778. The molecule has 1 heterocycles. The van der Waals surface area contributed by atoms with Gasteiger partial charge in [0.05, 0.1) is 25.0 Å². The monoisotopic (exact) mass is 279 g/mol. The SMILES string of the molecule is CCCOc1cc(NCC2CN(C)CCO2)ccc1N. The summed E-state index contributed by atoms with van der Waals surface area (Å²) in [6, 6.07) is 5.80. The summed E-state index contributed by atoms with van der Waals surface area (Å²) >= 11 is 0. The highest BCUT2D eigenvalue weighted by molar-refractivity contribution is 5.61. The molecule has 3 N–H and O–H groups in total. The second kappa shape index (κ2) is 7.36. The van der Waals surface area contributed by atoms with Gasteiger partial charge in [0.25, 0.3) is 0 Å². The first-order chi connectivity index (χ1) is 9.69. The van der Waals surface area contributed by atoms with Crippen molar-refractivity contribution in [2.24, 2.45) is 0 Å². The molecular formula is C15H25N3O2. The minimum atomic E-state index is 0.228. The highest BCUT2D eigenvalue weighted by Gasteiger charge is 2.17. The molecule has 5 nitrogen and oxygen atoms in total. The smallest absolute Gasteiger partial charge is 0.144 e. The minimum absolute atomic E-state index is 0.228. The molecule has 20 heavy (non-hydrogen) atoms. The number of nitrogens with zero attached hydrogens (tertiary/aromatic N) is 1. The molecule has 1 fully saturated rings. The molecule has 0 amide bonds. The summed E-state index contributed by atoms with van der Waals surface area (Å²) in [5, 5.41) is 3.39. The number of nitrogens with two attached hydrogens (primary N) is 1. The number of hydrogen-bond donors (Lipinski definition) is 2. The highest BCUT2D eigenvalue weighted by Crippen LogP contribution is 2.25. The van der Waals surface area contributed by atoms with E-state index in [0.29, 0.717) is 12.3 Å². The molecule has 0 saturated carbocycles. The Labute approximate surface area is 121 Å². The normalized spacial score (nSPS) is 19.8. The van der Waals surface area contributed by atoms with Crippen LogP contribution in [0.5, 0.6) is 5.75 Å². The average Bonchev–Trinajstić information content (AvgIpc) is 2.45. The molecule has 1 aromatic rings. The third-order valence-electron chi connectivity index (χ3n) is 3.35. The van der Waals surface area contributed by atoms with Gasteiger partial charge in [-0.2, -0.15) is 0 Å². The van der Waals surface area contributed by atoms with Crippen molar-refractivity contribution in [3.63, 3.8) is 0 Å². The van der Waals surface area contributed by atoms with E-state index in [1.807, 2.05) is 18.2 Å². The van der Waals surface area contributed by atoms with Crippen molar-refractivity contribution in [2.75, 3.05) is 50.9 Å². The summed E-state index contributed by atoms with van der Waals surface area (Å²) in [5.74, 6) is 0.749. The van der Waals surface area contributed by atoms with E-state index in [2.05, 4.69) is 24.2 Å². The lowest BCUT2D eigenvalue weighted by molar-refractivity contribution is -0.0117. The maximum absolute atomic E-state index is 5.90. The number of anilines is 2. The van der Waals surface area contributed by atoms with E-state index in [-0.39, 0.29) is 6.10 Å². The maximum atomic E-state index is 5.90. The average molecular weight is 279 g/mol. The molecule has 1 aromatic carbocycles. The van der Waals surface area contributed by atoms with Crippen LogP contribution >= 0.6 is 0 Å². The predicted octanol–water partition coefficient (Wildman–Crippen LogP) is 1.80. The van der Waals surface area contributed by atoms with Crippen LogP contribution in [0.25, 0.3) is 0 Å². The maximum Gasteiger partial charge on any atom is 0.144 e. The number of ether oxygens (including phenoxy) is 2. The third-order valence-corrected chi connectivity index (χ3v) is 3.35. The number of benzene rings is 1. The van der Waals surface area contributed by atoms with Crippen LogP contribution in [0.2, 0.25) is 0 Å². The fraction of sp³-hybridized carbons (Fsp3) is 0.600. The third kappa shape index (κ3) is 4.28. The van der Waals surface area contributed by atoms with Crippen LogP contribution in [0.3, 0.4) is 0 Å². The first-order valence-corrected chi connectivity index (χ1v) is 7.25. The van der Waals surface area contributed by atoms with Crippen molar-refractivity contribution in [1.29, 1.82) is 0 Å². The molecule has 1 aliphatic rings. The van der Waals surface area contributed by atoms with Gasteiger partial charge < -0.3 is 25.4 Å². The Hall–Kier alpha value is -1.46. The molecule has 5 heteroatoms. The Balaban J connectivity index is 1.88. The van der Waals surface area contributed by atoms with E-state index in [0.717, 1.165) is 44.1 Å². The summed E-state index contributed by atoms with van der Waals surface area (Å²) < 4.78 is 11.4. The van der Waals surface area contributed by atoms with Crippen LogP contribution in [0, 0.1) is 0 Å². The van der Waals surface area contributed by atoms with Gasteiger partial charge >= 0.3 is 0 Å². The summed E-state index contributed by atoms with van der Waals surface area (Å²) in [7, 11) is 2.12. The highest BCUT2D eigenvalue weighted by atomic mass is 16.5. The van der Waals surface area contributed by atoms with Crippen molar-refractivity contribution in [1.82, 2.24) is 4.90 Å². The van der Waals surface area contributed by atoms with E-state index >= 15 is 0 Å². The van der Waals surface area contributed by atoms with Crippen LogP contribution in [0.1, 0.15) is 13.3 Å². The molecule has 1 unspecified atom stereocenters. The van der Waals surface area contributed by atoms with Gasteiger partial charge in [0.15, 0.2) is 0 Å². The van der Waals surface area contributed by atoms with Crippen LogP contribution in [0.15, 0.2) is 18.2 Å². The van der Waals surface area contributed by atoms with Crippen LogP contribution < -0.4 is 15.8 Å². The topological polar surface area (TPSA) is 59.8 Å². The Morgan fingerprint density at radius 2 is 2.35 bits per heavy atom. The molecule has 0 aliphatic carbocycles. The molecule has 112 valence electrons. The van der Waals surface area contributed by atoms with Gasteiger partial charge in [0.1, 0.15) is 5.75 Å². The van der Waals surface area contributed by atoms with Crippen molar-refractivity contribution in [3.05, 3.63) is 18.2 Å². The number of hydrogen-bond acceptors (Lipinski definition) is 5. The van der Waals surface area contributed by atoms with Gasteiger partial charge in [-0.25, -0.2) is 0 Å². The lowest BCUT2D eigenvalue weighted by Gasteiger charge is -2.30. The van der Waals surface area contributed by atoms with E-state index in [1.165, 1.54) is 0 Å². The molecule has 1 saturated heterocycles. The fourth-order valence-corrected chi connectivity index (χ4v) is 2.20. The second-order valence-corrected chi connectivity index (χ2v) is 5.24. The lowest BCUT2D eigenvalue weighted by atomic mass is 10.2. The fourth-order valence-electron chi connectivity index (χ4n) is 2.20. The first kappa shape index (κ1) is 14.9. The first-order valence-electron chi connectivity index (χ1n) is 7.25. The van der Waals surface area contributed by atoms with Crippen molar-refractivity contribution < 1.29 is 9.47 Å². The predicted molar refractivity (Wildman–Crippen MR) is 82.4 cm³/mol. The molecule has 0 aromatic heterocycles. The Kier molecular flexibility index (Phi) is 5.49. The van der Waals surface area contributed by atoms with E-state index in [4.69, 9.17) is 15.2 Å². The second-order valence-electron chi connectivity index (χ2n) is 5.24. The van der Waals surface area contributed by atoms with E-state index < -0.39 is 0 Å². The van der Waals surface area contributed by atoms with Crippen molar-refractivity contribution in [3.8, 4) is 5.75 Å². The molecule has 0 spiro atoms. The zero-order valence-corrected chi connectivity index (χ0v) is 12.4.